The molecule has 3 heterocycles. The molecule has 1 aromatic carbocycles. The Morgan fingerprint density at radius 1 is 1.39 bits per heavy atom. The third-order valence-corrected chi connectivity index (χ3v) is 6.53. The van der Waals surface area contributed by atoms with Crippen molar-refractivity contribution in [3.63, 3.8) is 0 Å². The number of thiazole rings is 1. The number of fused-ring (bicyclic) bond motifs is 1. The number of alkyl halides is 1. The largest absolute Gasteiger partial charge is 0.404 e. The number of halogens is 2. The van der Waals surface area contributed by atoms with Gasteiger partial charge < -0.3 is 16.4 Å². The van der Waals surface area contributed by atoms with E-state index in [1.165, 1.54) is 34.6 Å². The number of benzene rings is 1. The number of nitrogens with two attached hydrogens (primary N) is 2. The minimum Gasteiger partial charge on any atom is -0.404 e. The maximum atomic E-state index is 14.4. The normalized spacial score (nSPS) is 20.5. The van der Waals surface area contributed by atoms with Gasteiger partial charge in [-0.3, -0.25) is 14.7 Å². The minimum atomic E-state index is -0.807. The molecule has 1 saturated heterocycles. The van der Waals surface area contributed by atoms with E-state index in [0.717, 1.165) is 13.0 Å². The molecule has 0 spiro atoms. The fraction of sp³-hybridized carbons (Fsp3) is 0.381. The van der Waals surface area contributed by atoms with Gasteiger partial charge in [0.25, 0.3) is 5.91 Å². The number of piperidine rings is 1. The maximum absolute atomic E-state index is 14.4. The standard InChI is InChI=1S/C21H24F2N6OS/c22-14-3-2-7-28(11-14)12-26-10-13(9-24)20-27-16-6-8-29(21(30)19(16)31-20)17-5-1-4-15(25)18(17)23/h1,4-5,9-10,14H,2-3,6-8,11-12,24-25H2/b13-9+,26-10-. The number of rotatable bonds is 5. The average molecular weight is 447 g/mol. The van der Waals surface area contributed by atoms with Crippen molar-refractivity contribution in [2.75, 3.05) is 36.9 Å². The van der Waals surface area contributed by atoms with Crippen LogP contribution in [0.25, 0.3) is 5.57 Å². The summed E-state index contributed by atoms with van der Waals surface area (Å²) >= 11 is 1.20. The Balaban J connectivity index is 1.50. The Kier molecular flexibility index (Phi) is 6.28. The Morgan fingerprint density at radius 3 is 3.00 bits per heavy atom. The summed E-state index contributed by atoms with van der Waals surface area (Å²) in [6.07, 6.45) is 4.10. The molecule has 1 unspecified atom stereocenters. The van der Waals surface area contributed by atoms with Gasteiger partial charge in [-0.05, 0) is 25.0 Å². The lowest BCUT2D eigenvalue weighted by Gasteiger charge is -2.26. The number of hydrogen-bond acceptors (Lipinski definition) is 7. The van der Waals surface area contributed by atoms with E-state index < -0.39 is 12.0 Å². The van der Waals surface area contributed by atoms with Crippen molar-refractivity contribution in [3.05, 3.63) is 45.8 Å². The van der Waals surface area contributed by atoms with E-state index in [-0.39, 0.29) is 17.3 Å². The van der Waals surface area contributed by atoms with E-state index in [4.69, 9.17) is 11.5 Å². The summed E-state index contributed by atoms with van der Waals surface area (Å²) in [4.78, 5) is 25.7. The van der Waals surface area contributed by atoms with E-state index in [9.17, 15) is 13.6 Å². The molecule has 0 aliphatic carbocycles. The van der Waals surface area contributed by atoms with Gasteiger partial charge in [-0.2, -0.15) is 0 Å². The highest BCUT2D eigenvalue weighted by atomic mass is 32.1. The summed E-state index contributed by atoms with van der Waals surface area (Å²) in [6, 6.07) is 4.61. The quantitative estimate of drug-likeness (QED) is 0.543. The highest BCUT2D eigenvalue weighted by Crippen LogP contribution is 2.33. The molecule has 31 heavy (non-hydrogen) atoms. The van der Waals surface area contributed by atoms with Crippen molar-refractivity contribution < 1.29 is 13.6 Å². The van der Waals surface area contributed by atoms with Crippen LogP contribution < -0.4 is 16.4 Å². The van der Waals surface area contributed by atoms with Crippen LogP contribution in [0.2, 0.25) is 0 Å². The first kappa shape index (κ1) is 21.4. The fourth-order valence-corrected chi connectivity index (χ4v) is 4.83. The molecule has 4 N–H and O–H groups in total. The van der Waals surface area contributed by atoms with Crippen molar-refractivity contribution in [1.29, 1.82) is 0 Å². The van der Waals surface area contributed by atoms with Crippen LogP contribution >= 0.6 is 11.3 Å². The first-order valence-corrected chi connectivity index (χ1v) is 10.9. The number of carbonyl (C=O) groups excluding carboxylic acids is 1. The van der Waals surface area contributed by atoms with Gasteiger partial charge in [0, 0.05) is 44.0 Å². The molecule has 10 heteroatoms. The predicted octanol–water partition coefficient (Wildman–Crippen LogP) is 2.83. The third kappa shape index (κ3) is 4.45. The van der Waals surface area contributed by atoms with Gasteiger partial charge in [0.05, 0.1) is 23.7 Å². The maximum Gasteiger partial charge on any atom is 0.270 e. The first-order valence-electron chi connectivity index (χ1n) is 10.1. The minimum absolute atomic E-state index is 0.00144. The van der Waals surface area contributed by atoms with Crippen molar-refractivity contribution in [1.82, 2.24) is 9.88 Å². The average Bonchev–Trinajstić information content (AvgIpc) is 3.19. The molecule has 0 saturated carbocycles. The van der Waals surface area contributed by atoms with Crippen LogP contribution in [0.15, 0.2) is 29.4 Å². The van der Waals surface area contributed by atoms with Crippen LogP contribution in [0.5, 0.6) is 0 Å². The summed E-state index contributed by atoms with van der Waals surface area (Å²) in [5.74, 6) is -0.919. The lowest BCUT2D eigenvalue weighted by Crippen LogP contribution is -2.37. The first-order chi connectivity index (χ1) is 15.0. The van der Waals surface area contributed by atoms with Gasteiger partial charge in [-0.15, -0.1) is 11.3 Å². The highest BCUT2D eigenvalue weighted by Gasteiger charge is 2.31. The zero-order valence-corrected chi connectivity index (χ0v) is 17.7. The number of allylic oxidation sites excluding steroid dienone is 1. The summed E-state index contributed by atoms with van der Waals surface area (Å²) < 4.78 is 28.0. The summed E-state index contributed by atoms with van der Waals surface area (Å²) in [7, 11) is 0. The number of carbonyl (C=O) groups is 1. The number of amides is 1. The second-order valence-corrected chi connectivity index (χ2v) is 8.57. The molecule has 0 radical (unpaired) electrons. The summed E-state index contributed by atoms with van der Waals surface area (Å²) in [5.41, 5.74) is 12.8. The number of nitrogens with zero attached hydrogens (tertiary/aromatic N) is 4. The van der Waals surface area contributed by atoms with Crippen molar-refractivity contribution >= 4 is 40.4 Å². The molecular formula is C21H24F2N6OS. The molecule has 4 rings (SSSR count). The molecular weight excluding hydrogens is 422 g/mol. The topological polar surface area (TPSA) is 101 Å². The zero-order valence-electron chi connectivity index (χ0n) is 16.9. The van der Waals surface area contributed by atoms with E-state index >= 15 is 0 Å². The molecule has 164 valence electrons. The number of hydrogen-bond donors (Lipinski definition) is 2. The van der Waals surface area contributed by atoms with Gasteiger partial charge in [-0.25, -0.2) is 13.8 Å². The molecule has 1 amide bonds. The van der Waals surface area contributed by atoms with Crippen LogP contribution in [-0.4, -0.2) is 54.5 Å². The molecule has 1 atom stereocenters. The van der Waals surface area contributed by atoms with E-state index in [0.29, 0.717) is 53.8 Å². The van der Waals surface area contributed by atoms with Crippen molar-refractivity contribution in [3.8, 4) is 0 Å². The Morgan fingerprint density at radius 2 is 2.23 bits per heavy atom. The van der Waals surface area contributed by atoms with Crippen molar-refractivity contribution in [2.45, 2.75) is 25.4 Å². The molecule has 2 aliphatic heterocycles. The van der Waals surface area contributed by atoms with E-state index in [1.807, 2.05) is 4.90 Å². The molecule has 2 aromatic rings. The highest BCUT2D eigenvalue weighted by molar-refractivity contribution is 7.15. The molecule has 1 fully saturated rings. The predicted molar refractivity (Wildman–Crippen MR) is 120 cm³/mol. The van der Waals surface area contributed by atoms with Gasteiger partial charge in [0.2, 0.25) is 0 Å². The monoisotopic (exact) mass is 446 g/mol. The lowest BCUT2D eigenvalue weighted by molar-refractivity contribution is 0.0983. The van der Waals surface area contributed by atoms with Crippen LogP contribution in [0, 0.1) is 5.82 Å². The number of likely N-dealkylation sites (tertiary alicyclic amines) is 1. The zero-order chi connectivity index (χ0) is 22.0. The number of nitrogen functional groups attached to an aromatic ring is 1. The molecule has 7 nitrogen and oxygen atoms in total. The van der Waals surface area contributed by atoms with Gasteiger partial charge in [0.15, 0.2) is 5.82 Å². The number of anilines is 2. The van der Waals surface area contributed by atoms with Gasteiger partial charge in [0.1, 0.15) is 16.1 Å². The van der Waals surface area contributed by atoms with Crippen LogP contribution in [0.3, 0.4) is 0 Å². The smallest absolute Gasteiger partial charge is 0.270 e. The molecule has 1 aromatic heterocycles. The number of aromatic nitrogens is 1. The van der Waals surface area contributed by atoms with Gasteiger partial charge >= 0.3 is 0 Å². The Labute approximate surface area is 183 Å². The van der Waals surface area contributed by atoms with Crippen LogP contribution in [0.1, 0.15) is 33.2 Å². The molecule has 0 bridgehead atoms. The Hall–Kier alpha value is -2.85. The fourth-order valence-electron chi connectivity index (χ4n) is 3.78. The number of aliphatic imine (C=N–C) groups is 1. The third-order valence-electron chi connectivity index (χ3n) is 5.39. The van der Waals surface area contributed by atoms with Gasteiger partial charge in [-0.1, -0.05) is 6.07 Å². The summed E-state index contributed by atoms with van der Waals surface area (Å²) in [6.45, 7) is 1.89. The SMILES string of the molecule is N/C=C(\C=N/CN1CCCC(F)C1)c1nc2c(s1)C(=O)N(c1cccc(N)c1F)CC2. The lowest BCUT2D eigenvalue weighted by atomic mass is 10.1. The van der Waals surface area contributed by atoms with E-state index in [2.05, 4.69) is 9.98 Å². The second kappa shape index (κ2) is 9.11. The van der Waals surface area contributed by atoms with E-state index in [1.54, 1.807) is 12.3 Å². The Bertz CT molecular complexity index is 1040. The van der Waals surface area contributed by atoms with Crippen LogP contribution in [-0.2, 0) is 6.42 Å². The van der Waals surface area contributed by atoms with Crippen LogP contribution in [0.4, 0.5) is 20.2 Å². The van der Waals surface area contributed by atoms with Crippen molar-refractivity contribution in [2.24, 2.45) is 10.7 Å². The molecule has 2 aliphatic rings. The summed E-state index contributed by atoms with van der Waals surface area (Å²) in [5, 5.41) is 0.571. The second-order valence-electron chi connectivity index (χ2n) is 7.57.